The van der Waals surface area contributed by atoms with Gasteiger partial charge in [-0.15, -0.1) is 0 Å². The van der Waals surface area contributed by atoms with Crippen LogP contribution in [0.15, 0.2) is 55.6 Å². The minimum absolute atomic E-state index is 0.562. The molecule has 0 unspecified atom stereocenters. The van der Waals surface area contributed by atoms with E-state index in [9.17, 15) is 0 Å². The van der Waals surface area contributed by atoms with Crippen molar-refractivity contribution in [1.82, 2.24) is 0 Å². The van der Waals surface area contributed by atoms with Crippen LogP contribution in [-0.2, 0) is 0 Å². The van der Waals surface area contributed by atoms with E-state index in [-0.39, 0.29) is 0 Å². The number of hydrogen-bond donors (Lipinski definition) is 0. The molecule has 0 aliphatic heterocycles. The molecule has 0 radical (unpaired) electrons. The minimum atomic E-state index is 0.562. The number of benzene rings is 2. The second kappa shape index (κ2) is 8.26. The van der Waals surface area contributed by atoms with Gasteiger partial charge < -0.3 is 0 Å². The van der Waals surface area contributed by atoms with Gasteiger partial charge in [0.05, 0.1) is 0 Å². The molecular formula is C21H26. The maximum Gasteiger partial charge on any atom is -0.0106 e. The Hall–Kier alpha value is -2.08. The average Bonchev–Trinajstić information content (AvgIpc) is 2.55. The van der Waals surface area contributed by atoms with Crippen LogP contribution in [0.25, 0.3) is 23.3 Å². The molecule has 0 amide bonds. The molecule has 0 bridgehead atoms. The van der Waals surface area contributed by atoms with Crippen molar-refractivity contribution in [1.29, 1.82) is 0 Å². The monoisotopic (exact) mass is 278 g/mol. The van der Waals surface area contributed by atoms with Gasteiger partial charge in [0.25, 0.3) is 0 Å². The largest absolute Gasteiger partial charge is 0.0984 e. The Morgan fingerprint density at radius 1 is 0.857 bits per heavy atom. The van der Waals surface area contributed by atoms with Gasteiger partial charge >= 0.3 is 0 Å². The lowest BCUT2D eigenvalue weighted by atomic mass is 9.93. The van der Waals surface area contributed by atoms with Crippen molar-refractivity contribution in [3.8, 4) is 11.1 Å². The molecule has 0 spiro atoms. The van der Waals surface area contributed by atoms with Crippen LogP contribution in [0.3, 0.4) is 0 Å². The van der Waals surface area contributed by atoms with Gasteiger partial charge in [0.1, 0.15) is 0 Å². The van der Waals surface area contributed by atoms with E-state index in [1.807, 2.05) is 26.0 Å². The Balaban J connectivity index is 0.00000106. The zero-order chi connectivity index (χ0) is 15.8. The molecule has 0 aliphatic rings. The second-order valence-electron chi connectivity index (χ2n) is 4.99. The Labute approximate surface area is 129 Å². The highest BCUT2D eigenvalue weighted by Gasteiger charge is 2.06. The SMILES string of the molecule is C=Cc1cccc(-c2ccc(C(C)C)cc2)c1C=C.CC. The first-order valence-electron chi connectivity index (χ1n) is 7.65. The van der Waals surface area contributed by atoms with Gasteiger partial charge in [-0.05, 0) is 33.7 Å². The summed E-state index contributed by atoms with van der Waals surface area (Å²) in [4.78, 5) is 0. The standard InChI is InChI=1S/C19H20.C2H6/c1-5-15-8-7-9-19(18(15)6-2)17-12-10-16(11-13-17)14(3)4;1-2/h5-14H,1-2H2,3-4H3;1-2H3. The third-order valence-electron chi connectivity index (χ3n) is 3.45. The van der Waals surface area contributed by atoms with Crippen molar-refractivity contribution in [2.24, 2.45) is 0 Å². The maximum atomic E-state index is 3.92. The molecule has 0 nitrogen and oxygen atoms in total. The van der Waals surface area contributed by atoms with Crippen LogP contribution >= 0.6 is 0 Å². The first-order valence-corrected chi connectivity index (χ1v) is 7.65. The smallest absolute Gasteiger partial charge is 0.0106 e. The highest BCUT2D eigenvalue weighted by atomic mass is 14.1. The van der Waals surface area contributed by atoms with Crippen LogP contribution in [0.4, 0.5) is 0 Å². The van der Waals surface area contributed by atoms with E-state index in [4.69, 9.17) is 0 Å². The molecule has 0 fully saturated rings. The first kappa shape index (κ1) is 17.0. The van der Waals surface area contributed by atoms with Gasteiger partial charge in [-0.2, -0.15) is 0 Å². The van der Waals surface area contributed by atoms with Gasteiger partial charge in [-0.3, -0.25) is 0 Å². The normalized spacial score (nSPS) is 9.76. The zero-order valence-electron chi connectivity index (χ0n) is 13.7. The van der Waals surface area contributed by atoms with Crippen LogP contribution in [0.1, 0.15) is 50.3 Å². The summed E-state index contributed by atoms with van der Waals surface area (Å²) in [5.74, 6) is 0.562. The van der Waals surface area contributed by atoms with Crippen LogP contribution in [0, 0.1) is 0 Å². The van der Waals surface area contributed by atoms with Gasteiger partial charge in [-0.1, -0.05) is 95.5 Å². The lowest BCUT2D eigenvalue weighted by Gasteiger charge is -2.11. The van der Waals surface area contributed by atoms with Gasteiger partial charge in [0, 0.05) is 0 Å². The van der Waals surface area contributed by atoms with Crippen molar-refractivity contribution in [3.63, 3.8) is 0 Å². The van der Waals surface area contributed by atoms with E-state index in [0.29, 0.717) is 5.92 Å². The minimum Gasteiger partial charge on any atom is -0.0984 e. The van der Waals surface area contributed by atoms with Gasteiger partial charge in [-0.25, -0.2) is 0 Å². The molecule has 0 saturated heterocycles. The van der Waals surface area contributed by atoms with E-state index in [2.05, 4.69) is 69.5 Å². The molecule has 21 heavy (non-hydrogen) atoms. The zero-order valence-corrected chi connectivity index (χ0v) is 13.7. The summed E-state index contributed by atoms with van der Waals surface area (Å²) in [6, 6.07) is 15.0. The Morgan fingerprint density at radius 3 is 1.95 bits per heavy atom. The fourth-order valence-electron chi connectivity index (χ4n) is 2.29. The summed E-state index contributed by atoms with van der Waals surface area (Å²) >= 11 is 0. The highest BCUT2D eigenvalue weighted by Crippen LogP contribution is 2.29. The average molecular weight is 278 g/mol. The number of hydrogen-bond acceptors (Lipinski definition) is 0. The summed E-state index contributed by atoms with van der Waals surface area (Å²) in [7, 11) is 0. The van der Waals surface area contributed by atoms with Crippen molar-refractivity contribution < 1.29 is 0 Å². The fourth-order valence-corrected chi connectivity index (χ4v) is 2.29. The maximum absolute atomic E-state index is 3.92. The molecular weight excluding hydrogens is 252 g/mol. The number of rotatable bonds is 4. The van der Waals surface area contributed by atoms with Crippen molar-refractivity contribution >= 4 is 12.2 Å². The molecule has 0 N–H and O–H groups in total. The topological polar surface area (TPSA) is 0 Å². The molecule has 0 aliphatic carbocycles. The third kappa shape index (κ3) is 3.95. The predicted molar refractivity (Wildman–Crippen MR) is 97.5 cm³/mol. The summed E-state index contributed by atoms with van der Waals surface area (Å²) in [6.45, 7) is 16.2. The van der Waals surface area contributed by atoms with E-state index >= 15 is 0 Å². The first-order chi connectivity index (χ1) is 10.2. The van der Waals surface area contributed by atoms with Crippen molar-refractivity contribution in [2.45, 2.75) is 33.6 Å². The summed E-state index contributed by atoms with van der Waals surface area (Å²) in [6.07, 6.45) is 3.78. The second-order valence-corrected chi connectivity index (χ2v) is 4.99. The molecule has 2 aromatic carbocycles. The highest BCUT2D eigenvalue weighted by molar-refractivity contribution is 5.80. The van der Waals surface area contributed by atoms with E-state index in [1.165, 1.54) is 16.7 Å². The van der Waals surface area contributed by atoms with Crippen LogP contribution in [0.5, 0.6) is 0 Å². The fraction of sp³-hybridized carbons (Fsp3) is 0.238. The Morgan fingerprint density at radius 2 is 1.48 bits per heavy atom. The third-order valence-corrected chi connectivity index (χ3v) is 3.45. The van der Waals surface area contributed by atoms with Crippen LogP contribution < -0.4 is 0 Å². The lowest BCUT2D eigenvalue weighted by molar-refractivity contribution is 0.867. The van der Waals surface area contributed by atoms with Gasteiger partial charge in [0.15, 0.2) is 0 Å². The van der Waals surface area contributed by atoms with E-state index in [0.717, 1.165) is 11.1 Å². The lowest BCUT2D eigenvalue weighted by Crippen LogP contribution is -1.89. The Kier molecular flexibility index (Phi) is 6.68. The van der Waals surface area contributed by atoms with Gasteiger partial charge in [0.2, 0.25) is 0 Å². The molecule has 2 rings (SSSR count). The van der Waals surface area contributed by atoms with E-state index < -0.39 is 0 Å². The molecule has 0 aromatic heterocycles. The van der Waals surface area contributed by atoms with Crippen LogP contribution in [0.2, 0.25) is 0 Å². The van der Waals surface area contributed by atoms with Crippen molar-refractivity contribution in [3.05, 3.63) is 72.3 Å². The summed E-state index contributed by atoms with van der Waals surface area (Å²) < 4.78 is 0. The molecule has 0 heterocycles. The molecule has 0 saturated carbocycles. The quantitative estimate of drug-likeness (QED) is 0.577. The van der Waals surface area contributed by atoms with E-state index in [1.54, 1.807) is 0 Å². The molecule has 0 atom stereocenters. The molecule has 0 heteroatoms. The van der Waals surface area contributed by atoms with Crippen LogP contribution in [-0.4, -0.2) is 0 Å². The molecule has 2 aromatic rings. The molecule has 110 valence electrons. The predicted octanol–water partition coefficient (Wildman–Crippen LogP) is 6.79. The van der Waals surface area contributed by atoms with Crippen molar-refractivity contribution in [2.75, 3.05) is 0 Å². The summed E-state index contributed by atoms with van der Waals surface area (Å²) in [5, 5.41) is 0. The summed E-state index contributed by atoms with van der Waals surface area (Å²) in [5.41, 5.74) is 6.07. The Bertz CT molecular complexity index is 586.